The summed E-state index contributed by atoms with van der Waals surface area (Å²) in [5.41, 5.74) is -1.13. The van der Waals surface area contributed by atoms with Gasteiger partial charge in [-0.15, -0.1) is 0 Å². The molecule has 30 heavy (non-hydrogen) atoms. The van der Waals surface area contributed by atoms with Gasteiger partial charge in [0.15, 0.2) is 0 Å². The number of halogens is 5. The van der Waals surface area contributed by atoms with Crippen molar-refractivity contribution in [3.05, 3.63) is 59.7 Å². The van der Waals surface area contributed by atoms with Crippen LogP contribution in [0.4, 0.5) is 22.0 Å². The molecule has 0 spiro atoms. The highest BCUT2D eigenvalue weighted by molar-refractivity contribution is 7.89. The zero-order valence-electron chi connectivity index (χ0n) is 15.1. The molecular formula is C17H15F5N2O4S2. The largest absolute Gasteiger partial charge is 0.416 e. The molecule has 2 aromatic rings. The molecule has 0 aliphatic carbocycles. The highest BCUT2D eigenvalue weighted by Gasteiger charge is 2.36. The van der Waals surface area contributed by atoms with Crippen molar-refractivity contribution in [2.75, 3.05) is 26.2 Å². The van der Waals surface area contributed by atoms with Gasteiger partial charge in [-0.3, -0.25) is 0 Å². The summed E-state index contributed by atoms with van der Waals surface area (Å²) in [6.07, 6.45) is -4.72. The zero-order valence-corrected chi connectivity index (χ0v) is 16.7. The Morgan fingerprint density at radius 3 is 1.87 bits per heavy atom. The fraction of sp³-hybridized carbons (Fsp3) is 0.294. The summed E-state index contributed by atoms with van der Waals surface area (Å²) in [7, 11) is -8.65. The maximum Gasteiger partial charge on any atom is 0.416 e. The number of alkyl halides is 3. The lowest BCUT2D eigenvalue weighted by Crippen LogP contribution is -2.50. The SMILES string of the molecule is O=S(=O)(c1cccc(C(F)(F)F)c1)N1CCN(S(=O)(=O)c2ccc(F)cc2F)CC1. The molecule has 3 rings (SSSR count). The Morgan fingerprint density at radius 2 is 1.33 bits per heavy atom. The van der Waals surface area contributed by atoms with Gasteiger partial charge >= 0.3 is 6.18 Å². The van der Waals surface area contributed by atoms with Gasteiger partial charge in [-0.05, 0) is 30.3 Å². The van der Waals surface area contributed by atoms with Gasteiger partial charge in [0, 0.05) is 32.2 Å². The second-order valence-electron chi connectivity index (χ2n) is 6.41. The van der Waals surface area contributed by atoms with Gasteiger partial charge in [-0.1, -0.05) is 6.07 Å². The third-order valence-corrected chi connectivity index (χ3v) is 8.34. The van der Waals surface area contributed by atoms with Crippen LogP contribution in [0.3, 0.4) is 0 Å². The van der Waals surface area contributed by atoms with E-state index in [1.54, 1.807) is 0 Å². The molecule has 1 saturated heterocycles. The molecule has 0 unspecified atom stereocenters. The van der Waals surface area contributed by atoms with Crippen molar-refractivity contribution in [1.82, 2.24) is 8.61 Å². The van der Waals surface area contributed by atoms with E-state index >= 15 is 0 Å². The molecule has 0 amide bonds. The van der Waals surface area contributed by atoms with Crippen molar-refractivity contribution >= 4 is 20.0 Å². The number of sulfonamides is 2. The lowest BCUT2D eigenvalue weighted by molar-refractivity contribution is -0.137. The predicted molar refractivity (Wildman–Crippen MR) is 95.3 cm³/mol. The Bertz CT molecular complexity index is 1160. The summed E-state index contributed by atoms with van der Waals surface area (Å²) < 4.78 is 118. The standard InChI is InChI=1S/C17H15F5N2O4S2/c18-13-4-5-16(15(19)11-13)30(27,28)24-8-6-23(7-9-24)29(25,26)14-3-1-2-12(10-14)17(20,21)22/h1-5,10-11H,6-9H2. The number of rotatable bonds is 4. The number of hydrogen-bond donors (Lipinski definition) is 0. The molecule has 13 heteroatoms. The fourth-order valence-corrected chi connectivity index (χ4v) is 5.89. The molecule has 0 aromatic heterocycles. The van der Waals surface area contributed by atoms with Gasteiger partial charge in [0.2, 0.25) is 20.0 Å². The van der Waals surface area contributed by atoms with Gasteiger partial charge < -0.3 is 0 Å². The van der Waals surface area contributed by atoms with Crippen LogP contribution in [0.5, 0.6) is 0 Å². The second-order valence-corrected chi connectivity index (χ2v) is 10.3. The summed E-state index contributed by atoms with van der Waals surface area (Å²) in [6.45, 7) is -1.39. The van der Waals surface area contributed by atoms with Crippen LogP contribution in [0.25, 0.3) is 0 Å². The number of nitrogens with zero attached hydrogens (tertiary/aromatic N) is 2. The molecule has 0 radical (unpaired) electrons. The van der Waals surface area contributed by atoms with E-state index in [0.29, 0.717) is 12.1 Å². The minimum Gasteiger partial charge on any atom is -0.207 e. The van der Waals surface area contributed by atoms with E-state index in [1.165, 1.54) is 0 Å². The van der Waals surface area contributed by atoms with Gasteiger partial charge in [0.1, 0.15) is 16.5 Å². The van der Waals surface area contributed by atoms with E-state index in [9.17, 15) is 38.8 Å². The lowest BCUT2D eigenvalue weighted by atomic mass is 10.2. The first-order valence-electron chi connectivity index (χ1n) is 8.46. The van der Waals surface area contributed by atoms with Crippen molar-refractivity contribution in [3.63, 3.8) is 0 Å². The predicted octanol–water partition coefficient (Wildman–Crippen LogP) is 2.68. The summed E-state index contributed by atoms with van der Waals surface area (Å²) in [5.74, 6) is -2.24. The van der Waals surface area contributed by atoms with Crippen molar-refractivity contribution in [1.29, 1.82) is 0 Å². The topological polar surface area (TPSA) is 74.8 Å². The van der Waals surface area contributed by atoms with Crippen molar-refractivity contribution in [2.24, 2.45) is 0 Å². The summed E-state index contributed by atoms with van der Waals surface area (Å²) in [5, 5.41) is 0. The smallest absolute Gasteiger partial charge is 0.207 e. The van der Waals surface area contributed by atoms with Crippen molar-refractivity contribution in [3.8, 4) is 0 Å². The molecule has 6 nitrogen and oxygen atoms in total. The van der Waals surface area contributed by atoms with E-state index in [4.69, 9.17) is 0 Å². The van der Waals surface area contributed by atoms with Crippen molar-refractivity contribution < 1.29 is 38.8 Å². The molecule has 1 aliphatic heterocycles. The molecule has 1 aliphatic rings. The molecule has 0 saturated carbocycles. The van der Waals surface area contributed by atoms with E-state index in [0.717, 1.165) is 38.9 Å². The third-order valence-electron chi connectivity index (χ3n) is 4.51. The highest BCUT2D eigenvalue weighted by atomic mass is 32.2. The van der Waals surface area contributed by atoms with Crippen LogP contribution in [-0.4, -0.2) is 51.6 Å². The van der Waals surface area contributed by atoms with Crippen LogP contribution in [0.2, 0.25) is 0 Å². The van der Waals surface area contributed by atoms with Crippen LogP contribution < -0.4 is 0 Å². The molecular weight excluding hydrogens is 455 g/mol. The average Bonchev–Trinajstić information content (AvgIpc) is 2.67. The monoisotopic (exact) mass is 470 g/mol. The van der Waals surface area contributed by atoms with Gasteiger partial charge in [-0.25, -0.2) is 25.6 Å². The Balaban J connectivity index is 1.79. The fourth-order valence-electron chi connectivity index (χ4n) is 2.96. The Morgan fingerprint density at radius 1 is 0.767 bits per heavy atom. The maximum atomic E-state index is 13.9. The number of hydrogen-bond acceptors (Lipinski definition) is 4. The van der Waals surface area contributed by atoms with Crippen molar-refractivity contribution in [2.45, 2.75) is 16.0 Å². The molecule has 0 atom stereocenters. The van der Waals surface area contributed by atoms with Crippen LogP contribution in [0, 0.1) is 11.6 Å². The quantitative estimate of drug-likeness (QED) is 0.644. The van der Waals surface area contributed by atoms with Gasteiger partial charge in [0.05, 0.1) is 10.5 Å². The Kier molecular flexibility index (Phi) is 5.93. The Hall–Kier alpha value is -2.09. The zero-order chi connectivity index (χ0) is 22.3. The number of benzene rings is 2. The first-order chi connectivity index (χ1) is 13.8. The van der Waals surface area contributed by atoms with E-state index in [2.05, 4.69) is 0 Å². The Labute approximate surface area is 169 Å². The first kappa shape index (κ1) is 22.6. The van der Waals surface area contributed by atoms with E-state index in [-0.39, 0.29) is 26.2 Å². The normalized spacial score (nSPS) is 17.2. The first-order valence-corrected chi connectivity index (χ1v) is 11.3. The van der Waals surface area contributed by atoms with Crippen LogP contribution in [0.15, 0.2) is 52.3 Å². The third kappa shape index (κ3) is 4.33. The average molecular weight is 470 g/mol. The van der Waals surface area contributed by atoms with Gasteiger partial charge in [-0.2, -0.15) is 21.8 Å². The molecule has 2 aromatic carbocycles. The molecule has 1 fully saturated rings. The minimum absolute atomic E-state index is 0.347. The highest BCUT2D eigenvalue weighted by Crippen LogP contribution is 2.31. The molecule has 1 heterocycles. The lowest BCUT2D eigenvalue weighted by Gasteiger charge is -2.33. The van der Waals surface area contributed by atoms with E-state index < -0.39 is 53.2 Å². The molecule has 0 bridgehead atoms. The minimum atomic E-state index is -4.72. The van der Waals surface area contributed by atoms with Gasteiger partial charge in [0.25, 0.3) is 0 Å². The van der Waals surface area contributed by atoms with Crippen LogP contribution in [-0.2, 0) is 26.2 Å². The molecule has 164 valence electrons. The summed E-state index contributed by atoms with van der Waals surface area (Å²) in [4.78, 5) is -1.32. The number of piperazine rings is 1. The van der Waals surface area contributed by atoms with Crippen LogP contribution in [0.1, 0.15) is 5.56 Å². The van der Waals surface area contributed by atoms with E-state index in [1.807, 2.05) is 0 Å². The molecule has 0 N–H and O–H groups in total. The second kappa shape index (κ2) is 7.87. The summed E-state index contributed by atoms with van der Waals surface area (Å²) >= 11 is 0. The van der Waals surface area contributed by atoms with Crippen LogP contribution >= 0.6 is 0 Å². The maximum absolute atomic E-state index is 13.9. The summed E-state index contributed by atoms with van der Waals surface area (Å²) in [6, 6.07) is 5.19.